The van der Waals surface area contributed by atoms with E-state index in [2.05, 4.69) is 5.32 Å². The van der Waals surface area contributed by atoms with Crippen molar-refractivity contribution in [1.82, 2.24) is 4.90 Å². The van der Waals surface area contributed by atoms with Crippen LogP contribution >= 0.6 is 0 Å². The maximum atomic E-state index is 11.9. The lowest BCUT2D eigenvalue weighted by Gasteiger charge is -2.18. The number of anilines is 2. The van der Waals surface area contributed by atoms with E-state index < -0.39 is 11.8 Å². The lowest BCUT2D eigenvalue weighted by molar-refractivity contribution is -0.123. The molecule has 8 nitrogen and oxygen atoms in total. The molecule has 0 fully saturated rings. The molecular weight excluding hydrogens is 274 g/mol. The number of nitrogens with one attached hydrogen (secondary N) is 1. The molecule has 0 aromatic heterocycles. The second-order valence-corrected chi connectivity index (χ2v) is 4.70. The molecule has 0 saturated carbocycles. The van der Waals surface area contributed by atoms with E-state index in [9.17, 15) is 14.4 Å². The number of nitrogen functional groups attached to an aromatic ring is 1. The van der Waals surface area contributed by atoms with Crippen molar-refractivity contribution in [3.63, 3.8) is 0 Å². The smallest absolute Gasteiger partial charge is 0.238 e. The van der Waals surface area contributed by atoms with Gasteiger partial charge in [0.05, 0.1) is 19.6 Å². The summed E-state index contributed by atoms with van der Waals surface area (Å²) in [6, 6.07) is 5.06. The zero-order valence-electron chi connectivity index (χ0n) is 11.8. The number of amides is 3. The van der Waals surface area contributed by atoms with Gasteiger partial charge in [-0.05, 0) is 30.7 Å². The molecule has 0 atom stereocenters. The number of nitrogens with zero attached hydrogens (tertiary/aromatic N) is 1. The summed E-state index contributed by atoms with van der Waals surface area (Å²) in [5, 5.41) is 2.67. The first-order valence-electron chi connectivity index (χ1n) is 6.23. The number of benzene rings is 1. The Morgan fingerprint density at radius 2 is 1.67 bits per heavy atom. The average molecular weight is 293 g/mol. The van der Waals surface area contributed by atoms with Crippen LogP contribution in [-0.2, 0) is 14.4 Å². The van der Waals surface area contributed by atoms with Gasteiger partial charge < -0.3 is 22.5 Å². The molecule has 1 aromatic rings. The van der Waals surface area contributed by atoms with Gasteiger partial charge in [-0.1, -0.05) is 0 Å². The minimum atomic E-state index is -0.646. The second kappa shape index (κ2) is 7.25. The van der Waals surface area contributed by atoms with Crippen molar-refractivity contribution >= 4 is 29.1 Å². The SMILES string of the molecule is Cc1cc(N)ccc1NC(=O)CN(CC(N)=O)CC(N)=O. The normalized spacial score (nSPS) is 10.4. The van der Waals surface area contributed by atoms with E-state index in [4.69, 9.17) is 17.2 Å². The fourth-order valence-electron chi connectivity index (χ4n) is 1.83. The number of nitrogens with two attached hydrogens (primary N) is 3. The highest BCUT2D eigenvalue weighted by atomic mass is 16.2. The molecule has 0 unspecified atom stereocenters. The number of rotatable bonds is 7. The topological polar surface area (TPSA) is 145 Å². The Morgan fingerprint density at radius 1 is 1.10 bits per heavy atom. The van der Waals surface area contributed by atoms with Crippen LogP contribution in [0.15, 0.2) is 18.2 Å². The van der Waals surface area contributed by atoms with Crippen LogP contribution in [0.5, 0.6) is 0 Å². The molecule has 0 spiro atoms. The van der Waals surface area contributed by atoms with Gasteiger partial charge in [-0.2, -0.15) is 0 Å². The summed E-state index contributed by atoms with van der Waals surface area (Å²) < 4.78 is 0. The Labute approximate surface area is 122 Å². The number of primary amides is 2. The third-order valence-electron chi connectivity index (χ3n) is 2.65. The van der Waals surface area contributed by atoms with Gasteiger partial charge in [0.25, 0.3) is 0 Å². The van der Waals surface area contributed by atoms with Gasteiger partial charge in [-0.3, -0.25) is 19.3 Å². The number of carbonyl (C=O) groups is 3. The van der Waals surface area contributed by atoms with Crippen LogP contribution in [-0.4, -0.2) is 42.3 Å². The van der Waals surface area contributed by atoms with Gasteiger partial charge >= 0.3 is 0 Å². The quantitative estimate of drug-likeness (QED) is 0.466. The number of aryl methyl sites for hydroxylation is 1. The first-order chi connectivity index (χ1) is 9.77. The van der Waals surface area contributed by atoms with Crippen molar-refractivity contribution in [2.24, 2.45) is 11.5 Å². The monoisotopic (exact) mass is 293 g/mol. The maximum Gasteiger partial charge on any atom is 0.238 e. The zero-order valence-corrected chi connectivity index (χ0v) is 11.8. The Morgan fingerprint density at radius 3 is 2.14 bits per heavy atom. The highest BCUT2D eigenvalue weighted by molar-refractivity contribution is 5.94. The maximum absolute atomic E-state index is 11.9. The molecule has 0 radical (unpaired) electrons. The standard InChI is InChI=1S/C13H19N5O3/c1-8-4-9(14)2-3-10(8)17-13(21)7-18(5-11(15)19)6-12(16)20/h2-4H,5-7,14H2,1H3,(H2,15,19)(H2,16,20)(H,17,21). The molecule has 7 N–H and O–H groups in total. The summed E-state index contributed by atoms with van der Waals surface area (Å²) in [5.74, 6) is -1.68. The van der Waals surface area contributed by atoms with E-state index in [1.54, 1.807) is 25.1 Å². The Kier molecular flexibility index (Phi) is 5.67. The van der Waals surface area contributed by atoms with Gasteiger partial charge in [0.15, 0.2) is 0 Å². The van der Waals surface area contributed by atoms with E-state index >= 15 is 0 Å². The number of carbonyl (C=O) groups excluding carboxylic acids is 3. The van der Waals surface area contributed by atoms with E-state index in [-0.39, 0.29) is 25.5 Å². The zero-order chi connectivity index (χ0) is 16.0. The molecular formula is C13H19N5O3. The summed E-state index contributed by atoms with van der Waals surface area (Å²) in [6.45, 7) is 1.18. The van der Waals surface area contributed by atoms with Crippen LogP contribution in [0.25, 0.3) is 0 Å². The Balaban J connectivity index is 2.68. The summed E-state index contributed by atoms with van der Waals surface area (Å²) in [4.78, 5) is 35.0. The molecule has 3 amide bonds. The first-order valence-corrected chi connectivity index (χ1v) is 6.23. The molecule has 114 valence electrons. The third kappa shape index (κ3) is 5.91. The minimum absolute atomic E-state index is 0.171. The molecule has 0 bridgehead atoms. The van der Waals surface area contributed by atoms with Gasteiger partial charge in [-0.15, -0.1) is 0 Å². The number of hydrogen-bond acceptors (Lipinski definition) is 5. The van der Waals surface area contributed by atoms with Crippen LogP contribution in [0.4, 0.5) is 11.4 Å². The fourth-order valence-corrected chi connectivity index (χ4v) is 1.83. The molecule has 1 rings (SSSR count). The van der Waals surface area contributed by atoms with Crippen molar-refractivity contribution in [2.75, 3.05) is 30.7 Å². The predicted molar refractivity (Wildman–Crippen MR) is 79.0 cm³/mol. The summed E-state index contributed by atoms with van der Waals surface area (Å²) in [7, 11) is 0. The number of hydrogen-bond donors (Lipinski definition) is 4. The van der Waals surface area contributed by atoms with Crippen molar-refractivity contribution in [1.29, 1.82) is 0 Å². The van der Waals surface area contributed by atoms with Crippen molar-refractivity contribution in [2.45, 2.75) is 6.92 Å². The Bertz CT molecular complexity index is 543. The predicted octanol–water partition coefficient (Wildman–Crippen LogP) is -1.21. The van der Waals surface area contributed by atoms with Crippen molar-refractivity contribution in [3.8, 4) is 0 Å². The van der Waals surface area contributed by atoms with Crippen LogP contribution in [0.2, 0.25) is 0 Å². The highest BCUT2D eigenvalue weighted by Crippen LogP contribution is 2.17. The first kappa shape index (κ1) is 16.4. The van der Waals surface area contributed by atoms with E-state index in [1.165, 1.54) is 4.90 Å². The van der Waals surface area contributed by atoms with Gasteiger partial charge in [-0.25, -0.2) is 0 Å². The second-order valence-electron chi connectivity index (χ2n) is 4.70. The molecule has 8 heteroatoms. The highest BCUT2D eigenvalue weighted by Gasteiger charge is 2.15. The molecule has 21 heavy (non-hydrogen) atoms. The molecule has 0 saturated heterocycles. The summed E-state index contributed by atoms with van der Waals surface area (Å²) in [6.07, 6.45) is 0. The van der Waals surface area contributed by atoms with Gasteiger partial charge in [0.2, 0.25) is 17.7 Å². The van der Waals surface area contributed by atoms with E-state index in [0.29, 0.717) is 11.4 Å². The lowest BCUT2D eigenvalue weighted by Crippen LogP contribution is -2.43. The minimum Gasteiger partial charge on any atom is -0.399 e. The molecule has 0 heterocycles. The summed E-state index contributed by atoms with van der Waals surface area (Å²) >= 11 is 0. The van der Waals surface area contributed by atoms with Crippen LogP contribution < -0.4 is 22.5 Å². The molecule has 1 aromatic carbocycles. The van der Waals surface area contributed by atoms with Crippen LogP contribution in [0.3, 0.4) is 0 Å². The molecule has 0 aliphatic carbocycles. The largest absolute Gasteiger partial charge is 0.399 e. The fraction of sp³-hybridized carbons (Fsp3) is 0.308. The van der Waals surface area contributed by atoms with Crippen LogP contribution in [0.1, 0.15) is 5.56 Å². The van der Waals surface area contributed by atoms with E-state index in [0.717, 1.165) is 5.56 Å². The van der Waals surface area contributed by atoms with E-state index in [1.807, 2.05) is 0 Å². The van der Waals surface area contributed by atoms with Gasteiger partial charge in [0.1, 0.15) is 0 Å². The Hall–Kier alpha value is -2.61. The summed E-state index contributed by atoms with van der Waals surface area (Å²) in [5.41, 5.74) is 17.7. The lowest BCUT2D eigenvalue weighted by atomic mass is 10.2. The average Bonchev–Trinajstić information content (AvgIpc) is 2.30. The van der Waals surface area contributed by atoms with Gasteiger partial charge in [0, 0.05) is 11.4 Å². The van der Waals surface area contributed by atoms with Crippen molar-refractivity contribution in [3.05, 3.63) is 23.8 Å². The van der Waals surface area contributed by atoms with Crippen molar-refractivity contribution < 1.29 is 14.4 Å². The van der Waals surface area contributed by atoms with Crippen LogP contribution in [0, 0.1) is 6.92 Å². The molecule has 0 aliphatic rings. The molecule has 0 aliphatic heterocycles. The third-order valence-corrected chi connectivity index (χ3v) is 2.65.